The maximum absolute atomic E-state index is 13.4. The van der Waals surface area contributed by atoms with Gasteiger partial charge in [0.1, 0.15) is 11.6 Å². The van der Waals surface area contributed by atoms with Crippen LogP contribution in [0.4, 0.5) is 10.5 Å². The summed E-state index contributed by atoms with van der Waals surface area (Å²) in [5.41, 5.74) is 1.51. The first-order chi connectivity index (χ1) is 17.0. The minimum atomic E-state index is -0.775. The first-order valence-corrected chi connectivity index (χ1v) is 12.4. The number of carbonyl (C=O) groups is 4. The van der Waals surface area contributed by atoms with Gasteiger partial charge in [-0.05, 0) is 46.6 Å². The molecule has 36 heavy (non-hydrogen) atoms. The zero-order valence-corrected chi connectivity index (χ0v) is 21.1. The molecule has 0 heterocycles. The van der Waals surface area contributed by atoms with E-state index >= 15 is 0 Å². The Morgan fingerprint density at radius 3 is 2.17 bits per heavy atom. The lowest BCUT2D eigenvalue weighted by atomic mass is 9.82. The van der Waals surface area contributed by atoms with Crippen LogP contribution < -0.4 is 16.0 Å². The summed E-state index contributed by atoms with van der Waals surface area (Å²) in [6, 6.07) is 11.0. The van der Waals surface area contributed by atoms with Gasteiger partial charge >= 0.3 is 6.09 Å². The Hall–Kier alpha value is -3.68. The highest BCUT2D eigenvalue weighted by atomic mass is 16.6. The number of fused-ring (bicyclic) bond motifs is 2. The molecule has 0 saturated heterocycles. The summed E-state index contributed by atoms with van der Waals surface area (Å²) in [5, 5.41) is 9.08. The molecule has 1 fully saturated rings. The molecule has 0 aliphatic heterocycles. The number of alkyl carbamates (subject to hydrolysis) is 1. The molecule has 3 N–H and O–H groups in total. The van der Waals surface area contributed by atoms with Gasteiger partial charge in [-0.3, -0.25) is 14.4 Å². The number of hydrogen-bond donors (Lipinski definition) is 3. The standard InChI is InChI=1S/C28H33N3O5/c1-16(29-27(35)36-28(2,3)4)26(34)31-21-14-8-7-13-20(21)30-22-15-9-12-19-23(22)25(33)18-11-6-5-10-17(18)24(19)32/h5-6,9-12,15-16,20-21,30H,7-8,13-14H2,1-4H3,(H,29,35)(H,31,34)/t16-,20?,21?/m0/s1. The second kappa shape index (κ2) is 10.1. The first kappa shape index (κ1) is 25.4. The average molecular weight is 492 g/mol. The van der Waals surface area contributed by atoms with Crippen molar-refractivity contribution in [2.45, 2.75) is 77.1 Å². The fraction of sp³-hybridized carbons (Fsp3) is 0.429. The molecule has 0 spiro atoms. The van der Waals surface area contributed by atoms with Gasteiger partial charge in [0, 0.05) is 34.5 Å². The monoisotopic (exact) mass is 491 g/mol. The lowest BCUT2D eigenvalue weighted by Gasteiger charge is -2.35. The minimum absolute atomic E-state index is 0.136. The third-order valence-electron chi connectivity index (χ3n) is 6.51. The molecular formula is C28H33N3O5. The largest absolute Gasteiger partial charge is 0.444 e. The second-order valence-electron chi connectivity index (χ2n) is 10.5. The highest BCUT2D eigenvalue weighted by Crippen LogP contribution is 2.33. The van der Waals surface area contributed by atoms with Crippen molar-refractivity contribution >= 4 is 29.3 Å². The lowest BCUT2D eigenvalue weighted by Crippen LogP contribution is -2.54. The Labute approximate surface area is 211 Å². The van der Waals surface area contributed by atoms with Gasteiger partial charge in [0.05, 0.1) is 5.56 Å². The quantitative estimate of drug-likeness (QED) is 0.493. The van der Waals surface area contributed by atoms with Crippen LogP contribution in [0.1, 0.15) is 85.2 Å². The van der Waals surface area contributed by atoms with Crippen LogP contribution in [0.15, 0.2) is 42.5 Å². The van der Waals surface area contributed by atoms with Crippen molar-refractivity contribution in [3.63, 3.8) is 0 Å². The zero-order chi connectivity index (χ0) is 26.0. The van der Waals surface area contributed by atoms with Crippen molar-refractivity contribution < 1.29 is 23.9 Å². The van der Waals surface area contributed by atoms with Crippen molar-refractivity contribution in [2.75, 3.05) is 5.32 Å². The van der Waals surface area contributed by atoms with Crippen LogP contribution in [-0.4, -0.2) is 47.3 Å². The molecular weight excluding hydrogens is 458 g/mol. The smallest absolute Gasteiger partial charge is 0.408 e. The van der Waals surface area contributed by atoms with Gasteiger partial charge in [-0.25, -0.2) is 4.79 Å². The van der Waals surface area contributed by atoms with Crippen molar-refractivity contribution in [1.29, 1.82) is 0 Å². The minimum Gasteiger partial charge on any atom is -0.444 e. The normalized spacial score (nSPS) is 20.0. The molecule has 2 amide bonds. The van der Waals surface area contributed by atoms with Gasteiger partial charge < -0.3 is 20.7 Å². The first-order valence-electron chi connectivity index (χ1n) is 12.4. The van der Waals surface area contributed by atoms with Crippen LogP contribution in [0.2, 0.25) is 0 Å². The number of hydrogen-bond acceptors (Lipinski definition) is 6. The Kier molecular flexibility index (Phi) is 7.15. The molecule has 2 aliphatic rings. The molecule has 2 aliphatic carbocycles. The van der Waals surface area contributed by atoms with Crippen LogP contribution in [0.5, 0.6) is 0 Å². The van der Waals surface area contributed by atoms with Gasteiger partial charge in [0.15, 0.2) is 11.6 Å². The van der Waals surface area contributed by atoms with Gasteiger partial charge in [-0.15, -0.1) is 0 Å². The Balaban J connectivity index is 1.49. The van der Waals surface area contributed by atoms with E-state index in [4.69, 9.17) is 4.74 Å². The van der Waals surface area contributed by atoms with Gasteiger partial charge in [0.25, 0.3) is 0 Å². The number of benzene rings is 2. The predicted molar refractivity (Wildman–Crippen MR) is 136 cm³/mol. The van der Waals surface area contributed by atoms with Crippen molar-refractivity contribution in [3.05, 3.63) is 64.7 Å². The molecule has 2 aromatic carbocycles. The molecule has 0 aromatic heterocycles. The van der Waals surface area contributed by atoms with Gasteiger partial charge in [-0.1, -0.05) is 49.2 Å². The van der Waals surface area contributed by atoms with Crippen LogP contribution in [-0.2, 0) is 9.53 Å². The highest BCUT2D eigenvalue weighted by molar-refractivity contribution is 6.30. The van der Waals surface area contributed by atoms with E-state index in [9.17, 15) is 19.2 Å². The molecule has 0 radical (unpaired) electrons. The van der Waals surface area contributed by atoms with E-state index < -0.39 is 17.7 Å². The topological polar surface area (TPSA) is 114 Å². The van der Waals surface area contributed by atoms with E-state index in [0.717, 1.165) is 25.7 Å². The molecule has 2 aromatic rings. The number of ketones is 2. The van der Waals surface area contributed by atoms with Crippen LogP contribution in [0.3, 0.4) is 0 Å². The van der Waals surface area contributed by atoms with Crippen molar-refractivity contribution in [3.8, 4) is 0 Å². The lowest BCUT2D eigenvalue weighted by molar-refractivity contribution is -0.123. The Morgan fingerprint density at radius 2 is 1.50 bits per heavy atom. The zero-order valence-electron chi connectivity index (χ0n) is 21.1. The van der Waals surface area contributed by atoms with E-state index in [1.165, 1.54) is 0 Å². The number of anilines is 1. The van der Waals surface area contributed by atoms with Gasteiger partial charge in [-0.2, -0.15) is 0 Å². The van der Waals surface area contributed by atoms with Crippen molar-refractivity contribution in [2.24, 2.45) is 0 Å². The molecule has 3 atom stereocenters. The third-order valence-corrected chi connectivity index (χ3v) is 6.51. The van der Waals surface area contributed by atoms with Crippen LogP contribution in [0, 0.1) is 0 Å². The number of rotatable bonds is 5. The fourth-order valence-corrected chi connectivity index (χ4v) is 4.80. The van der Waals surface area contributed by atoms with E-state index in [1.807, 2.05) is 0 Å². The summed E-state index contributed by atoms with van der Waals surface area (Å²) < 4.78 is 5.24. The molecule has 8 nitrogen and oxygen atoms in total. The molecule has 4 rings (SSSR count). The maximum Gasteiger partial charge on any atom is 0.408 e. The maximum atomic E-state index is 13.4. The molecule has 2 unspecified atom stereocenters. The van der Waals surface area contributed by atoms with E-state index in [-0.39, 0.29) is 29.6 Å². The molecule has 190 valence electrons. The summed E-state index contributed by atoms with van der Waals surface area (Å²) in [7, 11) is 0. The number of carbonyl (C=O) groups excluding carboxylic acids is 4. The second-order valence-corrected chi connectivity index (χ2v) is 10.5. The summed E-state index contributed by atoms with van der Waals surface area (Å²) in [6.07, 6.45) is 2.83. The summed E-state index contributed by atoms with van der Waals surface area (Å²) in [5.74, 6) is -0.663. The summed E-state index contributed by atoms with van der Waals surface area (Å²) >= 11 is 0. The van der Waals surface area contributed by atoms with Crippen molar-refractivity contribution in [1.82, 2.24) is 10.6 Å². The van der Waals surface area contributed by atoms with E-state index in [1.54, 1.807) is 70.2 Å². The van der Waals surface area contributed by atoms with Crippen LogP contribution >= 0.6 is 0 Å². The number of nitrogens with one attached hydrogen (secondary N) is 3. The average Bonchev–Trinajstić information content (AvgIpc) is 2.82. The van der Waals surface area contributed by atoms with E-state index in [0.29, 0.717) is 27.9 Å². The Morgan fingerprint density at radius 1 is 0.889 bits per heavy atom. The van der Waals surface area contributed by atoms with Gasteiger partial charge in [0.2, 0.25) is 5.91 Å². The summed E-state index contributed by atoms with van der Waals surface area (Å²) in [4.78, 5) is 51.4. The number of amides is 2. The fourth-order valence-electron chi connectivity index (χ4n) is 4.80. The van der Waals surface area contributed by atoms with Crippen LogP contribution in [0.25, 0.3) is 0 Å². The summed E-state index contributed by atoms with van der Waals surface area (Å²) in [6.45, 7) is 6.89. The Bertz CT molecular complexity index is 1200. The predicted octanol–water partition coefficient (Wildman–Crippen LogP) is 4.21. The number of ether oxygens (including phenoxy) is 1. The molecule has 8 heteroatoms. The SMILES string of the molecule is C[C@H](NC(=O)OC(C)(C)C)C(=O)NC1CCCCC1Nc1cccc2c1C(=O)c1ccccc1C2=O. The third kappa shape index (κ3) is 5.42. The molecule has 1 saturated carbocycles. The molecule has 0 bridgehead atoms. The van der Waals surface area contributed by atoms with E-state index in [2.05, 4.69) is 16.0 Å². The highest BCUT2D eigenvalue weighted by Gasteiger charge is 2.34.